The smallest absolute Gasteiger partial charge is 0.317 e. The molecule has 0 spiro atoms. The molecule has 0 radical (unpaired) electrons. The molecule has 2 heterocycles. The van der Waals surface area contributed by atoms with Gasteiger partial charge < -0.3 is 10.2 Å². The highest BCUT2D eigenvalue weighted by atomic mass is 19.1. The number of hydrogen-bond acceptors (Lipinski definition) is 3. The number of benzene rings is 1. The molecule has 1 aromatic heterocycles. The second kappa shape index (κ2) is 8.92. The molecule has 27 heavy (non-hydrogen) atoms. The van der Waals surface area contributed by atoms with Gasteiger partial charge in [0.1, 0.15) is 23.8 Å². The van der Waals surface area contributed by atoms with Gasteiger partial charge in [-0.2, -0.15) is 5.10 Å². The molecule has 0 saturated carbocycles. The Morgan fingerprint density at radius 3 is 2.78 bits per heavy atom. The van der Waals surface area contributed by atoms with Crippen LogP contribution in [0.2, 0.25) is 0 Å². The van der Waals surface area contributed by atoms with Gasteiger partial charge >= 0.3 is 6.03 Å². The molecule has 0 bridgehead atoms. The molecular weight excluding hydrogens is 352 g/mol. The van der Waals surface area contributed by atoms with Gasteiger partial charge in [0.15, 0.2) is 0 Å². The topological polar surface area (TPSA) is 63.1 Å². The summed E-state index contributed by atoms with van der Waals surface area (Å²) in [5.41, 5.74) is 0.552. The molecule has 6 nitrogen and oxygen atoms in total. The lowest BCUT2D eigenvalue weighted by atomic mass is 9.90. The predicted molar refractivity (Wildman–Crippen MR) is 96.9 cm³/mol. The van der Waals surface area contributed by atoms with E-state index in [1.165, 1.54) is 18.5 Å². The summed E-state index contributed by atoms with van der Waals surface area (Å²) in [4.78, 5) is 18.3. The lowest BCUT2D eigenvalue weighted by Gasteiger charge is -2.32. The Bertz CT molecular complexity index is 771. The first kappa shape index (κ1) is 19.3. The minimum absolute atomic E-state index is 0.0938. The van der Waals surface area contributed by atoms with Gasteiger partial charge in [-0.05, 0) is 50.2 Å². The number of likely N-dealkylation sites (tertiary alicyclic amines) is 1. The van der Waals surface area contributed by atoms with Crippen LogP contribution in [0.1, 0.15) is 37.6 Å². The first-order chi connectivity index (χ1) is 13.1. The van der Waals surface area contributed by atoms with Crippen LogP contribution in [0.15, 0.2) is 24.5 Å². The Balaban J connectivity index is 1.41. The van der Waals surface area contributed by atoms with E-state index in [4.69, 9.17) is 0 Å². The number of nitrogens with one attached hydrogen (secondary N) is 1. The summed E-state index contributed by atoms with van der Waals surface area (Å²) < 4.78 is 28.4. The fourth-order valence-corrected chi connectivity index (χ4v) is 3.46. The highest BCUT2D eigenvalue weighted by Gasteiger charge is 2.23. The van der Waals surface area contributed by atoms with Crippen LogP contribution in [0.4, 0.5) is 13.6 Å². The summed E-state index contributed by atoms with van der Waals surface area (Å²) in [7, 11) is 0. The van der Waals surface area contributed by atoms with Crippen molar-refractivity contribution in [2.75, 3.05) is 13.1 Å². The van der Waals surface area contributed by atoms with Gasteiger partial charge in [-0.1, -0.05) is 6.07 Å². The highest BCUT2D eigenvalue weighted by molar-refractivity contribution is 5.74. The van der Waals surface area contributed by atoms with Crippen molar-refractivity contribution in [3.05, 3.63) is 47.5 Å². The molecule has 1 fully saturated rings. The van der Waals surface area contributed by atoms with E-state index in [1.54, 1.807) is 4.68 Å². The summed E-state index contributed by atoms with van der Waals surface area (Å²) in [6, 6.07) is 3.65. The predicted octanol–water partition coefficient (Wildman–Crippen LogP) is 3.13. The molecule has 1 saturated heterocycles. The van der Waals surface area contributed by atoms with E-state index in [0.29, 0.717) is 44.1 Å². The minimum atomic E-state index is -0.548. The first-order valence-electron chi connectivity index (χ1n) is 9.40. The van der Waals surface area contributed by atoms with Crippen molar-refractivity contribution >= 4 is 6.03 Å². The molecule has 1 aliphatic heterocycles. The number of urea groups is 1. The van der Waals surface area contributed by atoms with Crippen molar-refractivity contribution < 1.29 is 13.6 Å². The van der Waals surface area contributed by atoms with Crippen LogP contribution in [-0.4, -0.2) is 38.8 Å². The summed E-state index contributed by atoms with van der Waals surface area (Å²) in [5.74, 6) is 0.156. The van der Waals surface area contributed by atoms with Crippen molar-refractivity contribution in [3.63, 3.8) is 0 Å². The van der Waals surface area contributed by atoms with Crippen molar-refractivity contribution in [1.82, 2.24) is 25.0 Å². The van der Waals surface area contributed by atoms with Crippen LogP contribution in [0, 0.1) is 17.6 Å². The first-order valence-corrected chi connectivity index (χ1v) is 9.40. The van der Waals surface area contributed by atoms with Gasteiger partial charge in [0.2, 0.25) is 0 Å². The summed E-state index contributed by atoms with van der Waals surface area (Å²) in [6.45, 7) is 4.41. The molecule has 146 valence electrons. The molecule has 0 aliphatic carbocycles. The van der Waals surface area contributed by atoms with Gasteiger partial charge in [0, 0.05) is 25.7 Å². The zero-order valence-corrected chi connectivity index (χ0v) is 15.5. The molecule has 2 amide bonds. The summed E-state index contributed by atoms with van der Waals surface area (Å²) >= 11 is 0. The SMILES string of the molecule is CCn1ncnc1CNC(=O)N1CCC(CCc2ccc(F)cc2F)CC1. The van der Waals surface area contributed by atoms with Crippen LogP contribution >= 0.6 is 0 Å². The van der Waals surface area contributed by atoms with Gasteiger partial charge in [-0.25, -0.2) is 23.2 Å². The third-order valence-electron chi connectivity index (χ3n) is 5.13. The van der Waals surface area contributed by atoms with Crippen molar-refractivity contribution in [2.24, 2.45) is 5.92 Å². The fourth-order valence-electron chi connectivity index (χ4n) is 3.46. The number of rotatable bonds is 6. The minimum Gasteiger partial charge on any atom is -0.331 e. The zero-order valence-electron chi connectivity index (χ0n) is 15.5. The van der Waals surface area contributed by atoms with E-state index in [0.717, 1.165) is 31.2 Å². The monoisotopic (exact) mass is 377 g/mol. The number of piperidine rings is 1. The maximum atomic E-state index is 13.7. The van der Waals surface area contributed by atoms with Gasteiger partial charge in [0.05, 0.1) is 6.54 Å². The van der Waals surface area contributed by atoms with E-state index in [2.05, 4.69) is 15.4 Å². The Morgan fingerprint density at radius 1 is 1.30 bits per heavy atom. The van der Waals surface area contributed by atoms with Crippen LogP contribution in [-0.2, 0) is 19.5 Å². The fraction of sp³-hybridized carbons (Fsp3) is 0.526. The molecule has 1 N–H and O–H groups in total. The number of aromatic nitrogens is 3. The molecule has 2 aromatic rings. The maximum Gasteiger partial charge on any atom is 0.317 e. The number of halogens is 2. The summed E-state index contributed by atoms with van der Waals surface area (Å²) in [6.07, 6.45) is 4.70. The third kappa shape index (κ3) is 5.02. The van der Waals surface area contributed by atoms with Crippen LogP contribution in [0.3, 0.4) is 0 Å². The van der Waals surface area contributed by atoms with Gasteiger partial charge in [-0.15, -0.1) is 0 Å². The van der Waals surface area contributed by atoms with Crippen LogP contribution in [0.5, 0.6) is 0 Å². The number of hydrogen-bond donors (Lipinski definition) is 1. The molecular formula is C19H25F2N5O. The highest BCUT2D eigenvalue weighted by Crippen LogP contribution is 2.23. The number of carbonyl (C=O) groups is 1. The van der Waals surface area contributed by atoms with Crippen LogP contribution in [0.25, 0.3) is 0 Å². The second-order valence-corrected chi connectivity index (χ2v) is 6.86. The number of aryl methyl sites for hydroxylation is 2. The average Bonchev–Trinajstić information content (AvgIpc) is 3.13. The third-order valence-corrected chi connectivity index (χ3v) is 5.13. The maximum absolute atomic E-state index is 13.7. The Kier molecular flexibility index (Phi) is 6.36. The van der Waals surface area contributed by atoms with E-state index < -0.39 is 11.6 Å². The molecule has 1 aliphatic rings. The van der Waals surface area contributed by atoms with Crippen molar-refractivity contribution in [2.45, 2.75) is 45.7 Å². The van der Waals surface area contributed by atoms with E-state index in [-0.39, 0.29) is 6.03 Å². The van der Waals surface area contributed by atoms with Gasteiger partial charge in [0.25, 0.3) is 0 Å². The molecule has 8 heteroatoms. The Morgan fingerprint density at radius 2 is 2.07 bits per heavy atom. The quantitative estimate of drug-likeness (QED) is 0.841. The Hall–Kier alpha value is -2.51. The van der Waals surface area contributed by atoms with Crippen molar-refractivity contribution in [3.8, 4) is 0 Å². The molecule has 0 unspecified atom stereocenters. The van der Waals surface area contributed by atoms with E-state index in [1.807, 2.05) is 11.8 Å². The number of carbonyl (C=O) groups excluding carboxylic acids is 1. The lowest BCUT2D eigenvalue weighted by Crippen LogP contribution is -2.44. The van der Waals surface area contributed by atoms with Crippen LogP contribution < -0.4 is 5.32 Å². The normalized spacial score (nSPS) is 15.1. The molecule has 1 aromatic carbocycles. The molecule has 3 rings (SSSR count). The average molecular weight is 377 g/mol. The zero-order chi connectivity index (χ0) is 19.2. The van der Waals surface area contributed by atoms with E-state index in [9.17, 15) is 13.6 Å². The Labute approximate surface area is 157 Å². The standard InChI is InChI=1S/C19H25F2N5O/c1-2-26-18(23-13-24-26)12-22-19(27)25-9-7-14(8-10-25)3-4-15-5-6-16(20)11-17(15)21/h5-6,11,13-14H,2-4,7-10,12H2,1H3,(H,22,27). The van der Waals surface area contributed by atoms with Crippen molar-refractivity contribution in [1.29, 1.82) is 0 Å². The molecule has 0 atom stereocenters. The van der Waals surface area contributed by atoms with E-state index >= 15 is 0 Å². The summed E-state index contributed by atoms with van der Waals surface area (Å²) in [5, 5.41) is 6.98. The number of amides is 2. The van der Waals surface area contributed by atoms with Gasteiger partial charge in [-0.3, -0.25) is 0 Å². The largest absolute Gasteiger partial charge is 0.331 e. The second-order valence-electron chi connectivity index (χ2n) is 6.86. The number of nitrogens with zero attached hydrogens (tertiary/aromatic N) is 4. The lowest BCUT2D eigenvalue weighted by molar-refractivity contribution is 0.167.